The summed E-state index contributed by atoms with van der Waals surface area (Å²) >= 11 is 4.56. The number of nitrogens with zero attached hydrogens (tertiary/aromatic N) is 3. The molecule has 0 aliphatic heterocycles. The SMILES string of the molecule is CC1(C)c2ccccc2C(C)(C)c2cc(-c3ccc4ccc5c(c4c3)c3cc(C4=CC=C(N(c6ccccc6)c6ccccc6)C(=N)C4=NS)ccc3n5-c3ccc4oc5ccccc5c4c3)ccc21. The third kappa shape index (κ3) is 6.26. The Morgan fingerprint density at radius 1 is 0.500 bits per heavy atom. The summed E-state index contributed by atoms with van der Waals surface area (Å²) in [7, 11) is 0. The van der Waals surface area contributed by atoms with Crippen LogP contribution in [0.15, 0.2) is 221 Å². The van der Waals surface area contributed by atoms with Gasteiger partial charge in [0.2, 0.25) is 0 Å². The van der Waals surface area contributed by atoms with Gasteiger partial charge in [0.25, 0.3) is 0 Å². The minimum absolute atomic E-state index is 0.120. The Balaban J connectivity index is 1.02. The van der Waals surface area contributed by atoms with Gasteiger partial charge in [-0.25, -0.2) is 4.40 Å². The zero-order chi connectivity index (χ0) is 47.5. The molecule has 2 aliphatic rings. The second-order valence-electron chi connectivity index (χ2n) is 19.8. The maximum atomic E-state index is 9.74. The van der Waals surface area contributed by atoms with E-state index in [0.29, 0.717) is 17.1 Å². The van der Waals surface area contributed by atoms with Gasteiger partial charge in [-0.1, -0.05) is 143 Å². The van der Waals surface area contributed by atoms with Crippen LogP contribution in [-0.4, -0.2) is 16.0 Å². The number of furan rings is 1. The van der Waals surface area contributed by atoms with E-state index < -0.39 is 0 Å². The Kier molecular flexibility index (Phi) is 9.39. The van der Waals surface area contributed by atoms with Crippen LogP contribution in [0, 0.1) is 5.41 Å². The molecule has 0 saturated carbocycles. The van der Waals surface area contributed by atoms with E-state index in [9.17, 15) is 5.41 Å². The van der Waals surface area contributed by atoms with Crippen molar-refractivity contribution in [2.75, 3.05) is 4.90 Å². The highest BCUT2D eigenvalue weighted by Crippen LogP contribution is 2.51. The van der Waals surface area contributed by atoms with E-state index in [-0.39, 0.29) is 10.8 Å². The molecule has 0 fully saturated rings. The molecule has 0 amide bonds. The lowest BCUT2D eigenvalue weighted by Gasteiger charge is -2.44. The lowest BCUT2D eigenvalue weighted by molar-refractivity contribution is 0.521. The molecule has 336 valence electrons. The molecule has 5 nitrogen and oxygen atoms in total. The average Bonchev–Trinajstić information content (AvgIpc) is 3.94. The molecule has 1 N–H and O–H groups in total. The van der Waals surface area contributed by atoms with E-state index in [1.54, 1.807) is 0 Å². The second-order valence-corrected chi connectivity index (χ2v) is 20.0. The number of aromatic nitrogens is 1. The molecule has 0 bridgehead atoms. The van der Waals surface area contributed by atoms with Crippen LogP contribution >= 0.6 is 12.8 Å². The number of nitrogens with one attached hydrogen (secondary N) is 1. The van der Waals surface area contributed by atoms with Crippen LogP contribution in [0.3, 0.4) is 0 Å². The van der Waals surface area contributed by atoms with Crippen LogP contribution in [0.25, 0.3) is 76.9 Å². The van der Waals surface area contributed by atoms with Crippen molar-refractivity contribution in [1.29, 1.82) is 5.41 Å². The van der Waals surface area contributed by atoms with Crippen molar-refractivity contribution in [3.8, 4) is 16.8 Å². The first-order valence-corrected chi connectivity index (χ1v) is 24.3. The second kappa shape index (κ2) is 15.7. The van der Waals surface area contributed by atoms with Crippen molar-refractivity contribution in [1.82, 2.24) is 4.57 Å². The highest BCUT2D eigenvalue weighted by atomic mass is 32.1. The fraction of sp³-hybridized carbons (Fsp3) is 0.0938. The fourth-order valence-electron chi connectivity index (χ4n) is 11.7. The Hall–Kier alpha value is -8.19. The van der Waals surface area contributed by atoms with Gasteiger partial charge in [0.1, 0.15) is 22.6 Å². The summed E-state index contributed by atoms with van der Waals surface area (Å²) in [5, 5.41) is 16.5. The zero-order valence-corrected chi connectivity index (χ0v) is 40.2. The minimum atomic E-state index is -0.163. The van der Waals surface area contributed by atoms with Gasteiger partial charge in [-0.3, -0.25) is 5.41 Å². The maximum Gasteiger partial charge on any atom is 0.135 e. The van der Waals surface area contributed by atoms with Crippen LogP contribution in [0.2, 0.25) is 0 Å². The lowest BCUT2D eigenvalue weighted by atomic mass is 9.60. The summed E-state index contributed by atoms with van der Waals surface area (Å²) < 4.78 is 13.3. The van der Waals surface area contributed by atoms with Crippen LogP contribution in [-0.2, 0) is 10.8 Å². The minimum Gasteiger partial charge on any atom is -0.456 e. The number of thiol groups is 1. The summed E-state index contributed by atoms with van der Waals surface area (Å²) in [4.78, 5) is 2.11. The Morgan fingerprint density at radius 2 is 1.09 bits per heavy atom. The summed E-state index contributed by atoms with van der Waals surface area (Å²) in [6, 6.07) is 69.4. The zero-order valence-electron chi connectivity index (χ0n) is 39.3. The Bertz CT molecular complexity index is 4050. The van der Waals surface area contributed by atoms with Crippen molar-refractivity contribution >= 4 is 95.7 Å². The topological polar surface area (TPSA) is 57.5 Å². The van der Waals surface area contributed by atoms with Crippen LogP contribution < -0.4 is 4.90 Å². The molecule has 9 aromatic carbocycles. The maximum absolute atomic E-state index is 9.74. The van der Waals surface area contributed by atoms with Gasteiger partial charge in [0.05, 0.1) is 16.7 Å². The van der Waals surface area contributed by atoms with E-state index in [1.165, 1.54) is 38.8 Å². The molecule has 2 aliphatic carbocycles. The number of hydrogen-bond acceptors (Lipinski definition) is 5. The molecular weight excluding hydrogens is 873 g/mol. The first-order chi connectivity index (χ1) is 34.1. The molecule has 2 heterocycles. The molecule has 11 aromatic rings. The Labute approximate surface area is 412 Å². The summed E-state index contributed by atoms with van der Waals surface area (Å²) in [6.45, 7) is 9.46. The van der Waals surface area contributed by atoms with Gasteiger partial charge in [0, 0.05) is 55.0 Å². The first kappa shape index (κ1) is 42.0. The fourth-order valence-corrected chi connectivity index (χ4v) is 11.9. The predicted molar refractivity (Wildman–Crippen MR) is 297 cm³/mol. The number of allylic oxidation sites excluding steroid dienone is 4. The molecule has 70 heavy (non-hydrogen) atoms. The van der Waals surface area contributed by atoms with E-state index in [0.717, 1.165) is 77.3 Å². The van der Waals surface area contributed by atoms with Crippen LogP contribution in [0.5, 0.6) is 0 Å². The quantitative estimate of drug-likeness (QED) is 0.129. The van der Waals surface area contributed by atoms with Crippen molar-refractivity contribution < 1.29 is 4.42 Å². The third-order valence-corrected chi connectivity index (χ3v) is 15.4. The number of anilines is 2. The number of fused-ring (bicyclic) bond motifs is 10. The van der Waals surface area contributed by atoms with Gasteiger partial charge in [-0.05, 0) is 154 Å². The van der Waals surface area contributed by atoms with E-state index in [1.807, 2.05) is 54.6 Å². The molecule has 0 saturated heterocycles. The standard InChI is InChI=1S/C64H48N4OS/c1-63(2)51-20-12-13-21-52(51)64(3,4)54-37-41(25-30-53(54)63)40-24-23-39-26-32-56-60(48(39)35-40)50-36-42(27-31-55(50)68(56)45-28-34-59-49(38-45)47-19-11-14-22-58(47)69-59)46-29-33-57(61(65)62(46)66-70)67(43-15-7-5-8-16-43)44-17-9-6-10-18-44/h5-38,65,70H,1-4H3. The smallest absolute Gasteiger partial charge is 0.135 e. The van der Waals surface area contributed by atoms with Crippen molar-refractivity contribution in [2.24, 2.45) is 4.40 Å². The van der Waals surface area contributed by atoms with E-state index in [4.69, 9.17) is 4.42 Å². The molecule has 6 heteroatoms. The molecule has 13 rings (SSSR count). The van der Waals surface area contributed by atoms with E-state index >= 15 is 0 Å². The van der Waals surface area contributed by atoms with Gasteiger partial charge in [-0.15, -0.1) is 0 Å². The molecule has 2 aromatic heterocycles. The number of rotatable bonds is 6. The van der Waals surface area contributed by atoms with Gasteiger partial charge in [-0.2, -0.15) is 0 Å². The van der Waals surface area contributed by atoms with Crippen LogP contribution in [0.1, 0.15) is 55.5 Å². The largest absolute Gasteiger partial charge is 0.456 e. The molecule has 0 spiro atoms. The van der Waals surface area contributed by atoms with Gasteiger partial charge in [0.15, 0.2) is 0 Å². The van der Waals surface area contributed by atoms with E-state index in [2.05, 4.69) is 206 Å². The summed E-state index contributed by atoms with van der Waals surface area (Å²) in [5.41, 5.74) is 17.8. The number of benzene rings is 9. The van der Waals surface area contributed by atoms with Crippen molar-refractivity contribution in [3.05, 3.63) is 240 Å². The van der Waals surface area contributed by atoms with Crippen molar-refractivity contribution in [2.45, 2.75) is 38.5 Å². The van der Waals surface area contributed by atoms with Gasteiger partial charge < -0.3 is 13.9 Å². The number of para-hydroxylation sites is 3. The normalized spacial score (nSPS) is 15.7. The monoisotopic (exact) mass is 920 g/mol. The molecule has 0 atom stereocenters. The summed E-state index contributed by atoms with van der Waals surface area (Å²) in [6.07, 6.45) is 4.13. The van der Waals surface area contributed by atoms with Crippen LogP contribution in [0.4, 0.5) is 11.4 Å². The third-order valence-electron chi connectivity index (χ3n) is 15.2. The molecule has 0 radical (unpaired) electrons. The number of hydrogen-bond donors (Lipinski definition) is 2. The lowest BCUT2D eigenvalue weighted by Crippen LogP contribution is -2.36. The molecule has 0 unspecified atom stereocenters. The Morgan fingerprint density at radius 3 is 1.83 bits per heavy atom. The van der Waals surface area contributed by atoms with Crippen molar-refractivity contribution in [3.63, 3.8) is 0 Å². The first-order valence-electron chi connectivity index (χ1n) is 23.9. The predicted octanol–water partition coefficient (Wildman–Crippen LogP) is 16.9. The van der Waals surface area contributed by atoms with Gasteiger partial charge >= 0.3 is 0 Å². The average molecular weight is 921 g/mol. The highest BCUT2D eigenvalue weighted by Gasteiger charge is 2.41. The summed E-state index contributed by atoms with van der Waals surface area (Å²) in [5.74, 6) is 0. The molecular formula is C64H48N4OS. The highest BCUT2D eigenvalue weighted by molar-refractivity contribution is 7.79.